The number of halogens is 1. The Morgan fingerprint density at radius 2 is 1.96 bits per heavy atom. The number of carbonyl (C=O) groups excluding carboxylic acids is 1. The van der Waals surface area contributed by atoms with Crippen molar-refractivity contribution in [1.82, 2.24) is 0 Å². The Balaban J connectivity index is 1.66. The average Bonchev–Trinajstić information content (AvgIpc) is 2.94. The molecule has 1 fully saturated rings. The molecule has 1 heterocycles. The highest BCUT2D eigenvalue weighted by Crippen LogP contribution is 2.27. The third-order valence-electron chi connectivity index (χ3n) is 4.45. The molecule has 0 aromatic heterocycles. The molecule has 0 aliphatic carbocycles. The maximum Gasteiger partial charge on any atom is 0.235 e. The lowest BCUT2D eigenvalue weighted by Crippen LogP contribution is -2.25. The second-order valence-corrected chi connectivity index (χ2v) is 8.51. The zero-order valence-corrected chi connectivity index (χ0v) is 15.3. The van der Waals surface area contributed by atoms with Crippen LogP contribution in [-0.2, 0) is 14.8 Å². The summed E-state index contributed by atoms with van der Waals surface area (Å²) in [6.07, 6.45) is 0.853. The summed E-state index contributed by atoms with van der Waals surface area (Å²) in [7, 11) is -3.25. The van der Waals surface area contributed by atoms with Gasteiger partial charge in [0.25, 0.3) is 0 Å². The number of benzene rings is 2. The minimum Gasteiger partial charge on any atom is -0.326 e. The smallest absolute Gasteiger partial charge is 0.235 e. The number of nitrogens with zero attached hydrogens (tertiary/aromatic N) is 1. The van der Waals surface area contributed by atoms with E-state index in [0.717, 1.165) is 5.56 Å². The zero-order chi connectivity index (χ0) is 18.7. The summed E-state index contributed by atoms with van der Waals surface area (Å²) in [5.41, 5.74) is 2.01. The van der Waals surface area contributed by atoms with E-state index in [4.69, 9.17) is 0 Å². The van der Waals surface area contributed by atoms with Crippen molar-refractivity contribution in [3.8, 4) is 0 Å². The topological polar surface area (TPSA) is 66.5 Å². The summed E-state index contributed by atoms with van der Waals surface area (Å²) in [6.45, 7) is 2.36. The fourth-order valence-electron chi connectivity index (χ4n) is 3.07. The molecule has 1 N–H and O–H groups in total. The van der Waals surface area contributed by atoms with E-state index >= 15 is 0 Å². The standard InChI is InChI=1S/C19H21FN2O3S/c1-14(15-6-8-16(20)9-7-15)12-19(23)21-17-4-2-5-18(13-17)22-10-3-11-26(22,24)25/h2,4-9,13-14H,3,10-12H2,1H3,(H,21,23). The molecule has 0 radical (unpaired) electrons. The third-order valence-corrected chi connectivity index (χ3v) is 6.32. The summed E-state index contributed by atoms with van der Waals surface area (Å²) in [6, 6.07) is 12.9. The van der Waals surface area contributed by atoms with Gasteiger partial charge < -0.3 is 5.32 Å². The van der Waals surface area contributed by atoms with Crippen molar-refractivity contribution in [3.63, 3.8) is 0 Å². The van der Waals surface area contributed by atoms with E-state index in [1.807, 2.05) is 6.92 Å². The van der Waals surface area contributed by atoms with E-state index in [9.17, 15) is 17.6 Å². The van der Waals surface area contributed by atoms with Gasteiger partial charge in [-0.1, -0.05) is 25.1 Å². The van der Waals surface area contributed by atoms with E-state index in [1.54, 1.807) is 36.4 Å². The van der Waals surface area contributed by atoms with Crippen LogP contribution in [0.3, 0.4) is 0 Å². The minimum absolute atomic E-state index is 0.0576. The molecule has 0 spiro atoms. The Morgan fingerprint density at radius 1 is 1.23 bits per heavy atom. The van der Waals surface area contributed by atoms with Gasteiger partial charge in [0.2, 0.25) is 15.9 Å². The number of carbonyl (C=O) groups is 1. The maximum absolute atomic E-state index is 13.0. The van der Waals surface area contributed by atoms with Gasteiger partial charge in [0.15, 0.2) is 0 Å². The van der Waals surface area contributed by atoms with Crippen LogP contribution in [0.5, 0.6) is 0 Å². The van der Waals surface area contributed by atoms with Gasteiger partial charge in [-0.05, 0) is 48.2 Å². The van der Waals surface area contributed by atoms with E-state index < -0.39 is 10.0 Å². The van der Waals surface area contributed by atoms with Crippen LogP contribution in [0.2, 0.25) is 0 Å². The monoisotopic (exact) mass is 376 g/mol. The molecule has 5 nitrogen and oxygen atoms in total. The van der Waals surface area contributed by atoms with Gasteiger partial charge in [-0.3, -0.25) is 9.10 Å². The lowest BCUT2D eigenvalue weighted by atomic mass is 9.97. The van der Waals surface area contributed by atoms with Crippen molar-refractivity contribution in [2.24, 2.45) is 0 Å². The number of rotatable bonds is 5. The van der Waals surface area contributed by atoms with Gasteiger partial charge >= 0.3 is 0 Å². The molecule has 1 aliphatic heterocycles. The molecule has 1 aliphatic rings. The SMILES string of the molecule is CC(CC(=O)Nc1cccc(N2CCCS2(=O)=O)c1)c1ccc(F)cc1. The molecule has 3 rings (SSSR count). The van der Waals surface area contributed by atoms with E-state index in [2.05, 4.69) is 5.32 Å². The van der Waals surface area contributed by atoms with Crippen LogP contribution < -0.4 is 9.62 Å². The third kappa shape index (κ3) is 4.22. The number of hydrogen-bond donors (Lipinski definition) is 1. The second-order valence-electron chi connectivity index (χ2n) is 6.50. The van der Waals surface area contributed by atoms with Crippen LogP contribution in [0, 0.1) is 5.82 Å². The molecule has 1 amide bonds. The Kier molecular flexibility index (Phi) is 5.27. The highest BCUT2D eigenvalue weighted by Gasteiger charge is 2.28. The first-order valence-corrected chi connectivity index (χ1v) is 10.1. The second kappa shape index (κ2) is 7.45. The molecule has 1 unspecified atom stereocenters. The van der Waals surface area contributed by atoms with E-state index in [-0.39, 0.29) is 29.8 Å². The van der Waals surface area contributed by atoms with Crippen LogP contribution in [0.25, 0.3) is 0 Å². The summed E-state index contributed by atoms with van der Waals surface area (Å²) >= 11 is 0. The molecule has 0 saturated carbocycles. The Labute approximate surface area is 152 Å². The predicted molar refractivity (Wildman–Crippen MR) is 100 cm³/mol. The first-order chi connectivity index (χ1) is 12.3. The first-order valence-electron chi connectivity index (χ1n) is 8.51. The molecule has 1 atom stereocenters. The molecule has 0 bridgehead atoms. The van der Waals surface area contributed by atoms with Gasteiger partial charge in [0.1, 0.15) is 5.82 Å². The predicted octanol–water partition coefficient (Wildman–Crippen LogP) is 3.50. The van der Waals surface area contributed by atoms with Crippen molar-refractivity contribution >= 4 is 27.3 Å². The van der Waals surface area contributed by atoms with Crippen LogP contribution >= 0.6 is 0 Å². The summed E-state index contributed by atoms with van der Waals surface area (Å²) in [5, 5.41) is 2.81. The van der Waals surface area contributed by atoms with Crippen molar-refractivity contribution in [2.75, 3.05) is 21.9 Å². The number of anilines is 2. The quantitative estimate of drug-likeness (QED) is 0.869. The van der Waals surface area contributed by atoms with Crippen molar-refractivity contribution < 1.29 is 17.6 Å². The molecule has 1 saturated heterocycles. The van der Waals surface area contributed by atoms with Gasteiger partial charge in [0, 0.05) is 18.7 Å². The number of sulfonamides is 1. The summed E-state index contributed by atoms with van der Waals surface area (Å²) in [4.78, 5) is 12.3. The molecule has 26 heavy (non-hydrogen) atoms. The molecular formula is C19H21FN2O3S. The highest BCUT2D eigenvalue weighted by atomic mass is 32.2. The first kappa shape index (κ1) is 18.4. The Morgan fingerprint density at radius 3 is 2.62 bits per heavy atom. The molecule has 7 heteroatoms. The van der Waals surface area contributed by atoms with Crippen LogP contribution in [0.1, 0.15) is 31.2 Å². The van der Waals surface area contributed by atoms with E-state index in [1.165, 1.54) is 16.4 Å². The highest BCUT2D eigenvalue weighted by molar-refractivity contribution is 7.93. The van der Waals surface area contributed by atoms with Gasteiger partial charge in [-0.15, -0.1) is 0 Å². The number of amides is 1. The number of nitrogens with one attached hydrogen (secondary N) is 1. The molecule has 2 aromatic rings. The molecule has 138 valence electrons. The van der Waals surface area contributed by atoms with Crippen molar-refractivity contribution in [2.45, 2.75) is 25.7 Å². The van der Waals surface area contributed by atoms with Crippen LogP contribution in [0.4, 0.5) is 15.8 Å². The largest absolute Gasteiger partial charge is 0.326 e. The molecule has 2 aromatic carbocycles. The van der Waals surface area contributed by atoms with Crippen molar-refractivity contribution in [1.29, 1.82) is 0 Å². The van der Waals surface area contributed by atoms with Crippen molar-refractivity contribution in [3.05, 3.63) is 59.9 Å². The Bertz CT molecular complexity index is 897. The average molecular weight is 376 g/mol. The summed E-state index contributed by atoms with van der Waals surface area (Å²) < 4.78 is 38.4. The van der Waals surface area contributed by atoms with Gasteiger partial charge in [-0.2, -0.15) is 0 Å². The summed E-state index contributed by atoms with van der Waals surface area (Å²) in [5.74, 6) is -0.390. The van der Waals surface area contributed by atoms with Crippen LogP contribution in [-0.4, -0.2) is 26.6 Å². The van der Waals surface area contributed by atoms with Gasteiger partial charge in [0.05, 0.1) is 11.4 Å². The Hall–Kier alpha value is -2.41. The lowest BCUT2D eigenvalue weighted by Gasteiger charge is -2.18. The normalized spacial score (nSPS) is 17.1. The number of hydrogen-bond acceptors (Lipinski definition) is 3. The molecular weight excluding hydrogens is 355 g/mol. The van der Waals surface area contributed by atoms with E-state index in [0.29, 0.717) is 24.3 Å². The minimum atomic E-state index is -3.25. The zero-order valence-electron chi connectivity index (χ0n) is 14.5. The maximum atomic E-state index is 13.0. The van der Waals surface area contributed by atoms with Crippen LogP contribution in [0.15, 0.2) is 48.5 Å². The lowest BCUT2D eigenvalue weighted by molar-refractivity contribution is -0.116. The fraction of sp³-hybridized carbons (Fsp3) is 0.316. The van der Waals surface area contributed by atoms with Gasteiger partial charge in [-0.25, -0.2) is 12.8 Å². The fourth-order valence-corrected chi connectivity index (χ4v) is 4.62.